The van der Waals surface area contributed by atoms with Crippen molar-refractivity contribution in [2.45, 2.75) is 45.6 Å². The number of carboxylic acids is 1. The SMILES string of the molecule is Cc1sc2nc(CCC(=O)NC(C(=O)O)C3CC3)[nH]c(=O)c2c1C. The van der Waals surface area contributed by atoms with E-state index in [-0.39, 0.29) is 30.2 Å². The topological polar surface area (TPSA) is 112 Å². The maximum absolute atomic E-state index is 12.2. The molecule has 3 rings (SSSR count). The third-order valence-corrected chi connectivity index (χ3v) is 5.45. The summed E-state index contributed by atoms with van der Waals surface area (Å²) < 4.78 is 0. The van der Waals surface area contributed by atoms with Crippen LogP contribution in [-0.4, -0.2) is 33.0 Å². The van der Waals surface area contributed by atoms with Gasteiger partial charge in [-0.25, -0.2) is 9.78 Å². The van der Waals surface area contributed by atoms with Gasteiger partial charge in [0.25, 0.3) is 5.56 Å². The Morgan fingerprint density at radius 3 is 2.75 bits per heavy atom. The average Bonchev–Trinajstić information content (AvgIpc) is 3.29. The van der Waals surface area contributed by atoms with E-state index in [9.17, 15) is 14.4 Å². The number of amides is 1. The maximum atomic E-state index is 12.2. The molecule has 0 radical (unpaired) electrons. The van der Waals surface area contributed by atoms with Gasteiger partial charge in [0.2, 0.25) is 5.91 Å². The second-order valence-corrected chi connectivity index (χ2v) is 7.40. The van der Waals surface area contributed by atoms with Crippen molar-refractivity contribution in [1.29, 1.82) is 0 Å². The Labute approximate surface area is 142 Å². The summed E-state index contributed by atoms with van der Waals surface area (Å²) >= 11 is 1.46. The van der Waals surface area contributed by atoms with E-state index >= 15 is 0 Å². The van der Waals surface area contributed by atoms with E-state index in [2.05, 4.69) is 15.3 Å². The number of rotatable bonds is 6. The van der Waals surface area contributed by atoms with E-state index in [0.717, 1.165) is 23.3 Å². The Kier molecular flexibility index (Phi) is 4.40. The monoisotopic (exact) mass is 349 g/mol. The molecule has 1 aliphatic carbocycles. The summed E-state index contributed by atoms with van der Waals surface area (Å²) in [5.74, 6) is -0.848. The Morgan fingerprint density at radius 1 is 1.42 bits per heavy atom. The number of thiophene rings is 1. The molecular weight excluding hydrogens is 330 g/mol. The smallest absolute Gasteiger partial charge is 0.326 e. The molecule has 128 valence electrons. The molecule has 3 N–H and O–H groups in total. The summed E-state index contributed by atoms with van der Waals surface area (Å²) in [5.41, 5.74) is 0.737. The number of carboxylic acid groups (broad SMARTS) is 1. The maximum Gasteiger partial charge on any atom is 0.326 e. The van der Waals surface area contributed by atoms with Gasteiger partial charge in [-0.15, -0.1) is 11.3 Å². The minimum atomic E-state index is -0.997. The number of nitrogens with one attached hydrogen (secondary N) is 2. The van der Waals surface area contributed by atoms with E-state index < -0.39 is 12.0 Å². The van der Waals surface area contributed by atoms with Crippen molar-refractivity contribution in [3.8, 4) is 0 Å². The van der Waals surface area contributed by atoms with E-state index in [0.29, 0.717) is 16.0 Å². The minimum Gasteiger partial charge on any atom is -0.480 e. The molecule has 1 unspecified atom stereocenters. The van der Waals surface area contributed by atoms with Crippen LogP contribution in [0.5, 0.6) is 0 Å². The lowest BCUT2D eigenvalue weighted by Crippen LogP contribution is -2.42. The summed E-state index contributed by atoms with van der Waals surface area (Å²) in [5, 5.41) is 12.3. The van der Waals surface area contributed by atoms with Gasteiger partial charge >= 0.3 is 5.97 Å². The summed E-state index contributed by atoms with van der Waals surface area (Å²) in [6.45, 7) is 3.83. The number of hydrogen-bond donors (Lipinski definition) is 3. The molecule has 0 aromatic carbocycles. The Balaban J connectivity index is 1.68. The molecule has 24 heavy (non-hydrogen) atoms. The van der Waals surface area contributed by atoms with Crippen LogP contribution >= 0.6 is 11.3 Å². The Hall–Kier alpha value is -2.22. The van der Waals surface area contributed by atoms with Crippen LogP contribution in [0.2, 0.25) is 0 Å². The molecule has 0 aliphatic heterocycles. The number of aromatic amines is 1. The van der Waals surface area contributed by atoms with Gasteiger partial charge in [-0.1, -0.05) is 0 Å². The highest BCUT2D eigenvalue weighted by atomic mass is 32.1. The number of aryl methyl sites for hydroxylation is 3. The number of aromatic nitrogens is 2. The van der Waals surface area contributed by atoms with Crippen molar-refractivity contribution in [1.82, 2.24) is 15.3 Å². The van der Waals surface area contributed by atoms with Crippen LogP contribution < -0.4 is 10.9 Å². The van der Waals surface area contributed by atoms with Crippen molar-refractivity contribution in [3.05, 3.63) is 26.6 Å². The third-order valence-electron chi connectivity index (χ3n) is 4.35. The fourth-order valence-electron chi connectivity index (χ4n) is 2.71. The second-order valence-electron chi connectivity index (χ2n) is 6.20. The predicted molar refractivity (Wildman–Crippen MR) is 90.3 cm³/mol. The van der Waals surface area contributed by atoms with Crippen molar-refractivity contribution in [2.24, 2.45) is 5.92 Å². The van der Waals surface area contributed by atoms with Gasteiger partial charge in [0.15, 0.2) is 0 Å². The predicted octanol–water partition coefficient (Wildman–Crippen LogP) is 1.51. The lowest BCUT2D eigenvalue weighted by atomic mass is 10.1. The highest BCUT2D eigenvalue weighted by Crippen LogP contribution is 2.32. The van der Waals surface area contributed by atoms with Gasteiger partial charge in [0.05, 0.1) is 5.39 Å². The molecule has 2 aromatic rings. The largest absolute Gasteiger partial charge is 0.480 e. The van der Waals surface area contributed by atoms with Gasteiger partial charge < -0.3 is 15.4 Å². The molecule has 8 heteroatoms. The summed E-state index contributed by atoms with van der Waals surface area (Å²) in [7, 11) is 0. The van der Waals surface area contributed by atoms with Gasteiger partial charge in [0, 0.05) is 17.7 Å². The van der Waals surface area contributed by atoms with Gasteiger partial charge in [-0.05, 0) is 38.2 Å². The van der Waals surface area contributed by atoms with E-state index in [1.807, 2.05) is 13.8 Å². The number of hydrogen-bond acceptors (Lipinski definition) is 5. The van der Waals surface area contributed by atoms with Crippen LogP contribution in [0.3, 0.4) is 0 Å². The number of H-pyrrole nitrogens is 1. The van der Waals surface area contributed by atoms with Crippen molar-refractivity contribution in [3.63, 3.8) is 0 Å². The fourth-order valence-corrected chi connectivity index (χ4v) is 3.75. The van der Waals surface area contributed by atoms with E-state index in [1.165, 1.54) is 11.3 Å². The van der Waals surface area contributed by atoms with Crippen molar-refractivity contribution < 1.29 is 14.7 Å². The lowest BCUT2D eigenvalue weighted by molar-refractivity contribution is -0.142. The minimum absolute atomic E-state index is 0.0396. The first-order valence-corrected chi connectivity index (χ1v) is 8.69. The zero-order chi connectivity index (χ0) is 17.4. The first kappa shape index (κ1) is 16.6. The van der Waals surface area contributed by atoms with Crippen LogP contribution in [0.15, 0.2) is 4.79 Å². The average molecular weight is 349 g/mol. The van der Waals surface area contributed by atoms with Gasteiger partial charge in [-0.3, -0.25) is 9.59 Å². The van der Waals surface area contributed by atoms with Crippen LogP contribution in [0, 0.1) is 19.8 Å². The Morgan fingerprint density at radius 2 is 2.12 bits per heavy atom. The molecule has 1 atom stereocenters. The number of carbonyl (C=O) groups is 2. The standard InChI is InChI=1S/C16H19N3O4S/c1-7-8(2)24-15-12(7)14(21)17-10(18-15)5-6-11(20)19-13(16(22)23)9-3-4-9/h9,13H,3-6H2,1-2H3,(H,19,20)(H,22,23)(H,17,18,21). The van der Waals surface area contributed by atoms with Crippen LogP contribution in [-0.2, 0) is 16.0 Å². The van der Waals surface area contributed by atoms with Crippen LogP contribution in [0.4, 0.5) is 0 Å². The zero-order valence-corrected chi connectivity index (χ0v) is 14.3. The quantitative estimate of drug-likeness (QED) is 0.732. The van der Waals surface area contributed by atoms with Crippen molar-refractivity contribution >= 4 is 33.4 Å². The van der Waals surface area contributed by atoms with Crippen LogP contribution in [0.1, 0.15) is 35.5 Å². The molecule has 1 amide bonds. The van der Waals surface area contributed by atoms with Gasteiger partial charge in [-0.2, -0.15) is 0 Å². The molecule has 2 heterocycles. The number of carbonyl (C=O) groups excluding carboxylic acids is 1. The summed E-state index contributed by atoms with van der Waals surface area (Å²) in [6.07, 6.45) is 2.03. The third kappa shape index (κ3) is 3.33. The molecule has 1 aliphatic rings. The molecule has 0 bridgehead atoms. The van der Waals surface area contributed by atoms with E-state index in [4.69, 9.17) is 5.11 Å². The summed E-state index contributed by atoms with van der Waals surface area (Å²) in [4.78, 5) is 44.1. The van der Waals surface area contributed by atoms with Crippen molar-refractivity contribution in [2.75, 3.05) is 0 Å². The van der Waals surface area contributed by atoms with Gasteiger partial charge in [0.1, 0.15) is 16.7 Å². The second kappa shape index (κ2) is 6.35. The Bertz CT molecular complexity index is 866. The lowest BCUT2D eigenvalue weighted by Gasteiger charge is -2.13. The molecule has 0 saturated heterocycles. The first-order valence-electron chi connectivity index (χ1n) is 7.88. The number of aliphatic carboxylic acids is 1. The molecular formula is C16H19N3O4S. The molecule has 7 nitrogen and oxygen atoms in total. The number of nitrogens with zero attached hydrogens (tertiary/aromatic N) is 1. The van der Waals surface area contributed by atoms with Crippen LogP contribution in [0.25, 0.3) is 10.2 Å². The normalized spacial score (nSPS) is 15.4. The molecule has 2 aromatic heterocycles. The molecule has 0 spiro atoms. The molecule has 1 saturated carbocycles. The molecule has 1 fully saturated rings. The fraction of sp³-hybridized carbons (Fsp3) is 0.500. The summed E-state index contributed by atoms with van der Waals surface area (Å²) in [6, 6.07) is -0.811. The highest BCUT2D eigenvalue weighted by molar-refractivity contribution is 7.18. The zero-order valence-electron chi connectivity index (χ0n) is 13.5. The highest BCUT2D eigenvalue weighted by Gasteiger charge is 2.37. The number of fused-ring (bicyclic) bond motifs is 1. The first-order chi connectivity index (χ1) is 11.4. The van der Waals surface area contributed by atoms with E-state index in [1.54, 1.807) is 0 Å².